The minimum atomic E-state index is -0.941. The fraction of sp³-hybridized carbons (Fsp3) is 0. The Morgan fingerprint density at radius 1 is 1.10 bits per heavy atom. The van der Waals surface area contributed by atoms with Crippen molar-refractivity contribution in [3.63, 3.8) is 0 Å². The maximum absolute atomic E-state index is 13.6. The van der Waals surface area contributed by atoms with E-state index in [9.17, 15) is 13.6 Å². The first kappa shape index (κ1) is 14.9. The molecule has 104 valence electrons. The molecule has 0 saturated carbocycles. The Morgan fingerprint density at radius 3 is 2.25 bits per heavy atom. The van der Waals surface area contributed by atoms with Gasteiger partial charge in [0.25, 0.3) is 5.91 Å². The summed E-state index contributed by atoms with van der Waals surface area (Å²) in [5, 5.41) is 2.41. The molecule has 0 heterocycles. The number of rotatable bonds is 2. The first-order valence-electron chi connectivity index (χ1n) is 5.39. The lowest BCUT2D eigenvalue weighted by Gasteiger charge is -2.09. The fourth-order valence-electron chi connectivity index (χ4n) is 1.56. The van der Waals surface area contributed by atoms with Crippen molar-refractivity contribution >= 4 is 49.1 Å². The molecule has 0 saturated heterocycles. The van der Waals surface area contributed by atoms with Gasteiger partial charge in [0.15, 0.2) is 0 Å². The lowest BCUT2D eigenvalue weighted by Crippen LogP contribution is -2.16. The number of anilines is 2. The number of hydrogen-bond donors (Lipinski definition) is 2. The maximum atomic E-state index is 13.6. The van der Waals surface area contributed by atoms with Crippen LogP contribution in [-0.2, 0) is 0 Å². The van der Waals surface area contributed by atoms with E-state index in [0.717, 1.165) is 12.1 Å². The summed E-state index contributed by atoms with van der Waals surface area (Å²) in [4.78, 5) is 11.9. The molecule has 0 radical (unpaired) electrons. The summed E-state index contributed by atoms with van der Waals surface area (Å²) < 4.78 is 28.1. The Labute approximate surface area is 130 Å². The highest BCUT2D eigenvalue weighted by atomic mass is 79.9. The summed E-state index contributed by atoms with van der Waals surface area (Å²) in [6.07, 6.45) is 0. The van der Waals surface area contributed by atoms with Crippen LogP contribution in [0.3, 0.4) is 0 Å². The van der Waals surface area contributed by atoms with Crippen LogP contribution in [0, 0.1) is 11.6 Å². The number of carbonyl (C=O) groups excluding carboxylic acids is 1. The molecule has 20 heavy (non-hydrogen) atoms. The zero-order valence-electron chi connectivity index (χ0n) is 9.88. The molecule has 3 nitrogen and oxygen atoms in total. The molecule has 0 atom stereocenters. The molecule has 0 aliphatic carbocycles. The van der Waals surface area contributed by atoms with E-state index >= 15 is 0 Å². The predicted octanol–water partition coefficient (Wildman–Crippen LogP) is 4.32. The molecule has 0 unspecified atom stereocenters. The molecule has 0 aliphatic rings. The summed E-state index contributed by atoms with van der Waals surface area (Å²) in [7, 11) is 0. The van der Waals surface area contributed by atoms with Gasteiger partial charge in [0, 0.05) is 20.3 Å². The summed E-state index contributed by atoms with van der Waals surface area (Å²) >= 11 is 6.15. The van der Waals surface area contributed by atoms with E-state index in [-0.39, 0.29) is 4.47 Å². The minimum absolute atomic E-state index is 0.222. The lowest BCUT2D eigenvalue weighted by molar-refractivity contribution is 0.101. The third kappa shape index (κ3) is 3.16. The molecular weight excluding hydrogens is 398 g/mol. The van der Waals surface area contributed by atoms with Gasteiger partial charge in [-0.25, -0.2) is 8.78 Å². The standard InChI is InChI=1S/C13H8Br2F2N2O/c14-6-3-9(16)12(10(17)4-6)13(20)19-7-1-2-11(18)8(15)5-7/h1-5H,18H2,(H,19,20). The van der Waals surface area contributed by atoms with Crippen molar-refractivity contribution in [1.82, 2.24) is 0 Å². The second-order valence-corrected chi connectivity index (χ2v) is 5.70. The van der Waals surface area contributed by atoms with Crippen LogP contribution in [0.5, 0.6) is 0 Å². The van der Waals surface area contributed by atoms with Gasteiger partial charge in [-0.3, -0.25) is 4.79 Å². The Kier molecular flexibility index (Phi) is 4.39. The molecule has 2 rings (SSSR count). The summed E-state index contributed by atoms with van der Waals surface area (Å²) in [6.45, 7) is 0. The third-order valence-corrected chi connectivity index (χ3v) is 3.64. The van der Waals surface area contributed by atoms with Gasteiger partial charge in [-0.2, -0.15) is 0 Å². The molecule has 0 fully saturated rings. The predicted molar refractivity (Wildman–Crippen MR) is 80.6 cm³/mol. The number of carbonyl (C=O) groups is 1. The molecule has 3 N–H and O–H groups in total. The van der Waals surface area contributed by atoms with Gasteiger partial charge < -0.3 is 11.1 Å². The van der Waals surface area contributed by atoms with Gasteiger partial charge in [-0.15, -0.1) is 0 Å². The second kappa shape index (κ2) is 5.88. The molecule has 0 bridgehead atoms. The highest BCUT2D eigenvalue weighted by Crippen LogP contribution is 2.25. The first-order valence-corrected chi connectivity index (χ1v) is 6.98. The zero-order valence-corrected chi connectivity index (χ0v) is 13.1. The monoisotopic (exact) mass is 404 g/mol. The van der Waals surface area contributed by atoms with Crippen LogP contribution in [0.4, 0.5) is 20.2 Å². The SMILES string of the molecule is Nc1ccc(NC(=O)c2c(F)cc(Br)cc2F)cc1Br. The van der Waals surface area contributed by atoms with Crippen LogP contribution >= 0.6 is 31.9 Å². The van der Waals surface area contributed by atoms with E-state index in [4.69, 9.17) is 5.73 Å². The number of amides is 1. The van der Waals surface area contributed by atoms with Crippen LogP contribution in [0.15, 0.2) is 39.3 Å². The number of nitrogens with one attached hydrogen (secondary N) is 1. The van der Waals surface area contributed by atoms with E-state index in [1.54, 1.807) is 12.1 Å². The molecule has 1 amide bonds. The van der Waals surface area contributed by atoms with Crippen molar-refractivity contribution < 1.29 is 13.6 Å². The Hall–Kier alpha value is -1.47. The summed E-state index contributed by atoms with van der Waals surface area (Å²) in [5.74, 6) is -2.75. The summed E-state index contributed by atoms with van der Waals surface area (Å²) in [6, 6.07) is 6.69. The van der Waals surface area contributed by atoms with Crippen LogP contribution in [0.2, 0.25) is 0 Å². The largest absolute Gasteiger partial charge is 0.398 e. The van der Waals surface area contributed by atoms with Crippen molar-refractivity contribution in [1.29, 1.82) is 0 Å². The Bertz CT molecular complexity index is 669. The van der Waals surface area contributed by atoms with Gasteiger partial charge in [-0.1, -0.05) is 15.9 Å². The third-order valence-electron chi connectivity index (χ3n) is 2.49. The van der Waals surface area contributed by atoms with Gasteiger partial charge in [0.1, 0.15) is 17.2 Å². The van der Waals surface area contributed by atoms with Crippen LogP contribution in [-0.4, -0.2) is 5.91 Å². The number of halogens is 4. The van der Waals surface area contributed by atoms with Crippen LogP contribution in [0.1, 0.15) is 10.4 Å². The molecule has 0 aliphatic heterocycles. The Balaban J connectivity index is 2.31. The van der Waals surface area contributed by atoms with E-state index in [1.165, 1.54) is 6.07 Å². The number of hydrogen-bond acceptors (Lipinski definition) is 2. The quantitative estimate of drug-likeness (QED) is 0.731. The molecule has 0 spiro atoms. The molecular formula is C13H8Br2F2N2O. The zero-order chi connectivity index (χ0) is 14.9. The van der Waals surface area contributed by atoms with E-state index in [1.807, 2.05) is 0 Å². The normalized spacial score (nSPS) is 10.4. The fourth-order valence-corrected chi connectivity index (χ4v) is 2.34. The Morgan fingerprint density at radius 2 is 1.70 bits per heavy atom. The maximum Gasteiger partial charge on any atom is 0.261 e. The molecule has 2 aromatic carbocycles. The van der Waals surface area contributed by atoms with E-state index in [2.05, 4.69) is 37.2 Å². The van der Waals surface area contributed by atoms with Crippen molar-refractivity contribution in [2.45, 2.75) is 0 Å². The van der Waals surface area contributed by atoms with Crippen molar-refractivity contribution in [2.24, 2.45) is 0 Å². The number of nitrogen functional groups attached to an aromatic ring is 1. The first-order chi connectivity index (χ1) is 9.38. The summed E-state index contributed by atoms with van der Waals surface area (Å²) in [5.41, 5.74) is 5.84. The number of benzene rings is 2. The minimum Gasteiger partial charge on any atom is -0.398 e. The average molecular weight is 406 g/mol. The van der Waals surface area contributed by atoms with Gasteiger partial charge in [0.2, 0.25) is 0 Å². The average Bonchev–Trinajstić information content (AvgIpc) is 2.32. The lowest BCUT2D eigenvalue weighted by atomic mass is 10.1. The highest BCUT2D eigenvalue weighted by Gasteiger charge is 2.18. The molecule has 2 aromatic rings. The second-order valence-electron chi connectivity index (χ2n) is 3.93. The van der Waals surface area contributed by atoms with Crippen molar-refractivity contribution in [3.8, 4) is 0 Å². The van der Waals surface area contributed by atoms with Crippen LogP contribution < -0.4 is 11.1 Å². The van der Waals surface area contributed by atoms with Gasteiger partial charge >= 0.3 is 0 Å². The smallest absolute Gasteiger partial charge is 0.261 e. The number of nitrogens with two attached hydrogens (primary N) is 1. The van der Waals surface area contributed by atoms with Gasteiger partial charge in [0.05, 0.1) is 0 Å². The van der Waals surface area contributed by atoms with Crippen molar-refractivity contribution in [3.05, 3.63) is 56.5 Å². The molecule has 7 heteroatoms. The van der Waals surface area contributed by atoms with E-state index in [0.29, 0.717) is 15.8 Å². The molecule has 0 aromatic heterocycles. The topological polar surface area (TPSA) is 55.1 Å². The van der Waals surface area contributed by atoms with Crippen LogP contribution in [0.25, 0.3) is 0 Å². The van der Waals surface area contributed by atoms with Gasteiger partial charge in [-0.05, 0) is 46.3 Å². The van der Waals surface area contributed by atoms with E-state index < -0.39 is 23.1 Å². The highest BCUT2D eigenvalue weighted by molar-refractivity contribution is 9.10. The van der Waals surface area contributed by atoms with Crippen molar-refractivity contribution in [2.75, 3.05) is 11.1 Å².